The Morgan fingerprint density at radius 3 is 2.45 bits per heavy atom. The molecule has 0 heterocycles. The largest absolute Gasteiger partial charge is 0.481 e. The van der Waals surface area contributed by atoms with Gasteiger partial charge in [0.1, 0.15) is 0 Å². The van der Waals surface area contributed by atoms with Crippen LogP contribution in [0.3, 0.4) is 0 Å². The summed E-state index contributed by atoms with van der Waals surface area (Å²) < 4.78 is 0. The number of carbonyl (C=O) groups is 1. The minimum Gasteiger partial charge on any atom is -0.481 e. The number of benzene rings is 2. The lowest BCUT2D eigenvalue weighted by Gasteiger charge is -2.15. The van der Waals surface area contributed by atoms with Gasteiger partial charge in [-0.05, 0) is 48.6 Å². The van der Waals surface area contributed by atoms with Gasteiger partial charge < -0.3 is 5.11 Å². The molecule has 0 aromatic heterocycles. The third-order valence-corrected chi connectivity index (χ3v) is 3.98. The maximum absolute atomic E-state index is 11.6. The van der Waals surface area contributed by atoms with Gasteiger partial charge in [-0.1, -0.05) is 48.0 Å². The van der Waals surface area contributed by atoms with Crippen molar-refractivity contribution in [1.82, 2.24) is 0 Å². The van der Waals surface area contributed by atoms with E-state index < -0.39 is 11.9 Å². The first kappa shape index (κ1) is 14.6. The number of halogens is 1. The predicted octanol–water partition coefficient (Wildman–Crippen LogP) is 4.37. The summed E-state index contributed by atoms with van der Waals surface area (Å²) in [6.07, 6.45) is 0.400. The summed E-state index contributed by atoms with van der Waals surface area (Å²) in [5.74, 6) is -1.40. The number of aliphatic carboxylic acids is 1. The summed E-state index contributed by atoms with van der Waals surface area (Å²) in [5.41, 5.74) is 3.95. The smallest absolute Gasteiger partial charge is 0.311 e. The quantitative estimate of drug-likeness (QED) is 0.907. The molecule has 1 N–H and O–H groups in total. The fourth-order valence-corrected chi connectivity index (χ4v) is 2.43. The van der Waals surface area contributed by atoms with Crippen molar-refractivity contribution < 1.29 is 9.90 Å². The number of aryl methyl sites for hydroxylation is 2. The maximum atomic E-state index is 11.6. The van der Waals surface area contributed by atoms with Crippen LogP contribution < -0.4 is 0 Å². The Morgan fingerprint density at radius 1 is 1.15 bits per heavy atom. The normalized spacial score (nSPS) is 12.2. The molecule has 1 atom stereocenters. The Kier molecular flexibility index (Phi) is 4.46. The van der Waals surface area contributed by atoms with E-state index >= 15 is 0 Å². The highest BCUT2D eigenvalue weighted by Gasteiger charge is 2.21. The fourth-order valence-electron chi connectivity index (χ4n) is 2.21. The summed E-state index contributed by atoms with van der Waals surface area (Å²) in [6, 6.07) is 13.2. The van der Waals surface area contributed by atoms with E-state index in [1.165, 1.54) is 0 Å². The third kappa shape index (κ3) is 3.20. The summed E-state index contributed by atoms with van der Waals surface area (Å²) in [6.45, 7) is 4.01. The van der Waals surface area contributed by atoms with Crippen molar-refractivity contribution in [2.45, 2.75) is 26.2 Å². The van der Waals surface area contributed by atoms with Gasteiger partial charge in [-0.2, -0.15) is 0 Å². The second kappa shape index (κ2) is 6.10. The lowest BCUT2D eigenvalue weighted by molar-refractivity contribution is -0.138. The molecule has 0 saturated carbocycles. The van der Waals surface area contributed by atoms with Crippen LogP contribution in [0.5, 0.6) is 0 Å². The summed E-state index contributed by atoms with van der Waals surface area (Å²) in [7, 11) is 0. The first-order valence-corrected chi connectivity index (χ1v) is 6.90. The summed E-state index contributed by atoms with van der Waals surface area (Å²) in [5, 5.41) is 10.1. The van der Waals surface area contributed by atoms with Gasteiger partial charge >= 0.3 is 5.97 Å². The molecule has 0 bridgehead atoms. The van der Waals surface area contributed by atoms with E-state index in [4.69, 9.17) is 11.6 Å². The molecule has 2 rings (SSSR count). The van der Waals surface area contributed by atoms with Gasteiger partial charge in [0.2, 0.25) is 0 Å². The van der Waals surface area contributed by atoms with Crippen LogP contribution in [0.1, 0.15) is 28.2 Å². The molecular weight excluding hydrogens is 272 g/mol. The van der Waals surface area contributed by atoms with Crippen LogP contribution in [0.2, 0.25) is 5.02 Å². The second-order valence-electron chi connectivity index (χ2n) is 5.03. The number of rotatable bonds is 4. The molecule has 2 aromatic carbocycles. The molecule has 2 aromatic rings. The lowest BCUT2D eigenvalue weighted by atomic mass is 9.90. The predicted molar refractivity (Wildman–Crippen MR) is 81.4 cm³/mol. The van der Waals surface area contributed by atoms with E-state index in [9.17, 15) is 9.90 Å². The Bertz CT molecular complexity index is 635. The van der Waals surface area contributed by atoms with Crippen molar-refractivity contribution in [1.29, 1.82) is 0 Å². The van der Waals surface area contributed by atoms with E-state index in [1.807, 2.05) is 50.2 Å². The SMILES string of the molecule is Cc1ccc(C(Cc2ccccc2Cl)C(=O)O)cc1C. The van der Waals surface area contributed by atoms with Crippen LogP contribution in [-0.2, 0) is 11.2 Å². The molecule has 20 heavy (non-hydrogen) atoms. The van der Waals surface area contributed by atoms with Crippen molar-refractivity contribution in [3.63, 3.8) is 0 Å². The topological polar surface area (TPSA) is 37.3 Å². The molecule has 0 fully saturated rings. The minimum absolute atomic E-state index is 0.400. The Hall–Kier alpha value is -1.80. The van der Waals surface area contributed by atoms with Crippen LogP contribution in [0, 0.1) is 13.8 Å². The molecule has 104 valence electrons. The minimum atomic E-state index is -0.826. The molecule has 2 nitrogen and oxygen atoms in total. The van der Waals surface area contributed by atoms with Crippen LogP contribution in [-0.4, -0.2) is 11.1 Å². The van der Waals surface area contributed by atoms with Crippen LogP contribution in [0.15, 0.2) is 42.5 Å². The molecule has 0 radical (unpaired) electrons. The van der Waals surface area contributed by atoms with Crippen molar-refractivity contribution >= 4 is 17.6 Å². The van der Waals surface area contributed by atoms with Gasteiger partial charge in [0.05, 0.1) is 5.92 Å². The molecule has 0 aliphatic heterocycles. The first-order valence-electron chi connectivity index (χ1n) is 6.52. The van der Waals surface area contributed by atoms with Crippen molar-refractivity contribution in [3.05, 3.63) is 69.7 Å². The van der Waals surface area contributed by atoms with Gasteiger partial charge in [0, 0.05) is 5.02 Å². The van der Waals surface area contributed by atoms with E-state index in [1.54, 1.807) is 6.07 Å². The number of carboxylic acids is 1. The second-order valence-corrected chi connectivity index (χ2v) is 5.44. The Balaban J connectivity index is 2.34. The van der Waals surface area contributed by atoms with Crippen molar-refractivity contribution in [2.24, 2.45) is 0 Å². The maximum Gasteiger partial charge on any atom is 0.311 e. The molecule has 1 unspecified atom stereocenters. The van der Waals surface area contributed by atoms with Gasteiger partial charge in [-0.3, -0.25) is 4.79 Å². The van der Waals surface area contributed by atoms with Crippen molar-refractivity contribution in [3.8, 4) is 0 Å². The molecule has 0 spiro atoms. The van der Waals surface area contributed by atoms with Crippen LogP contribution >= 0.6 is 11.6 Å². The summed E-state index contributed by atoms with van der Waals surface area (Å²) in [4.78, 5) is 11.6. The zero-order valence-corrected chi connectivity index (χ0v) is 12.3. The van der Waals surface area contributed by atoms with Crippen LogP contribution in [0.4, 0.5) is 0 Å². The fraction of sp³-hybridized carbons (Fsp3) is 0.235. The number of carboxylic acid groups (broad SMARTS) is 1. The van der Waals surface area contributed by atoms with Gasteiger partial charge in [-0.15, -0.1) is 0 Å². The zero-order valence-electron chi connectivity index (χ0n) is 11.6. The average Bonchev–Trinajstić information content (AvgIpc) is 2.41. The molecule has 0 amide bonds. The van der Waals surface area contributed by atoms with E-state index in [2.05, 4.69) is 0 Å². The van der Waals surface area contributed by atoms with Crippen LogP contribution in [0.25, 0.3) is 0 Å². The van der Waals surface area contributed by atoms with Crippen molar-refractivity contribution in [2.75, 3.05) is 0 Å². The number of hydrogen-bond acceptors (Lipinski definition) is 1. The first-order chi connectivity index (χ1) is 9.49. The van der Waals surface area contributed by atoms with E-state index in [0.717, 1.165) is 22.3 Å². The van der Waals surface area contributed by atoms with E-state index in [-0.39, 0.29) is 0 Å². The molecule has 0 aliphatic carbocycles. The van der Waals surface area contributed by atoms with Gasteiger partial charge in [0.15, 0.2) is 0 Å². The molecule has 0 aliphatic rings. The number of hydrogen-bond donors (Lipinski definition) is 1. The molecule has 3 heteroatoms. The molecule has 0 saturated heterocycles. The average molecular weight is 289 g/mol. The Labute approximate surface area is 124 Å². The molecular formula is C17H17ClO2. The lowest BCUT2D eigenvalue weighted by Crippen LogP contribution is -2.15. The highest BCUT2D eigenvalue weighted by Crippen LogP contribution is 2.26. The monoisotopic (exact) mass is 288 g/mol. The zero-order chi connectivity index (χ0) is 14.7. The Morgan fingerprint density at radius 2 is 1.85 bits per heavy atom. The standard InChI is InChI=1S/C17H17ClO2/c1-11-7-8-13(9-12(11)2)15(17(19)20)10-14-5-3-4-6-16(14)18/h3-9,15H,10H2,1-2H3,(H,19,20). The van der Waals surface area contributed by atoms with Gasteiger partial charge in [0.25, 0.3) is 0 Å². The van der Waals surface area contributed by atoms with E-state index in [0.29, 0.717) is 11.4 Å². The van der Waals surface area contributed by atoms with Gasteiger partial charge in [-0.25, -0.2) is 0 Å². The highest BCUT2D eigenvalue weighted by molar-refractivity contribution is 6.31. The highest BCUT2D eigenvalue weighted by atomic mass is 35.5. The summed E-state index contributed by atoms with van der Waals surface area (Å²) >= 11 is 6.12. The third-order valence-electron chi connectivity index (χ3n) is 3.61.